The number of guanidine groups is 1. The molecule has 14 nitrogen and oxygen atoms in total. The SMILES string of the molecule is Cc1cc(N)c(S(=O)(=O)c2cccc3cccnc23)c(=O)n1CC(=O)NCCON=C(N)N.O=C(O)C(F)(F)F. The minimum atomic E-state index is -5.08. The van der Waals surface area contributed by atoms with Crippen LogP contribution in [0.3, 0.4) is 0 Å². The van der Waals surface area contributed by atoms with Crippen molar-refractivity contribution in [1.29, 1.82) is 0 Å². The molecule has 0 radical (unpaired) electrons. The number of sulfone groups is 1. The monoisotopic (exact) mass is 587 g/mol. The standard InChI is InChI=1S/C20H23N7O5S.C2HF3O2/c1-12-10-14(21)18(19(29)27(12)11-16(28)24-8-9-32-26-20(22)23)33(30,31)15-6-2-4-13-5-3-7-25-17(13)15;3-2(4,5)1(6)7/h2-7,10H,8-9,11,21H2,1H3,(H,24,28)(H4,22,23,26);(H,6,7). The van der Waals surface area contributed by atoms with E-state index in [1.165, 1.54) is 18.3 Å². The van der Waals surface area contributed by atoms with Crippen LogP contribution in [-0.4, -0.2) is 60.2 Å². The van der Waals surface area contributed by atoms with Crippen LogP contribution in [0.15, 0.2) is 62.3 Å². The molecule has 0 aliphatic heterocycles. The van der Waals surface area contributed by atoms with Crippen molar-refractivity contribution in [2.75, 3.05) is 18.9 Å². The highest BCUT2D eigenvalue weighted by Crippen LogP contribution is 2.28. The van der Waals surface area contributed by atoms with Crippen LogP contribution < -0.4 is 28.1 Å². The van der Waals surface area contributed by atoms with Crippen molar-refractivity contribution in [3.63, 3.8) is 0 Å². The van der Waals surface area contributed by atoms with Crippen LogP contribution in [0.1, 0.15) is 5.69 Å². The first-order chi connectivity index (χ1) is 18.6. The second kappa shape index (κ2) is 12.8. The first-order valence-electron chi connectivity index (χ1n) is 10.9. The van der Waals surface area contributed by atoms with Crippen LogP contribution in [0.25, 0.3) is 10.9 Å². The number of hydrogen-bond donors (Lipinski definition) is 5. The van der Waals surface area contributed by atoms with Gasteiger partial charge in [-0.05, 0) is 30.3 Å². The van der Waals surface area contributed by atoms with Gasteiger partial charge in [0.05, 0.1) is 22.6 Å². The van der Waals surface area contributed by atoms with Gasteiger partial charge in [-0.25, -0.2) is 13.2 Å². The third kappa shape index (κ3) is 7.82. The number of anilines is 1. The molecule has 0 unspecified atom stereocenters. The summed E-state index contributed by atoms with van der Waals surface area (Å²) in [4.78, 5) is 42.5. The number of carboxylic acids is 1. The van der Waals surface area contributed by atoms with Crippen LogP contribution in [-0.2, 0) is 30.8 Å². The molecule has 18 heteroatoms. The molecule has 0 atom stereocenters. The zero-order valence-corrected chi connectivity index (χ0v) is 21.5. The Morgan fingerprint density at radius 1 is 1.20 bits per heavy atom. The average Bonchev–Trinajstić information content (AvgIpc) is 2.85. The van der Waals surface area contributed by atoms with E-state index in [0.717, 1.165) is 4.57 Å². The summed E-state index contributed by atoms with van der Waals surface area (Å²) in [5, 5.41) is 13.5. The largest absolute Gasteiger partial charge is 0.490 e. The van der Waals surface area contributed by atoms with Crippen molar-refractivity contribution in [1.82, 2.24) is 14.9 Å². The van der Waals surface area contributed by atoms with E-state index in [2.05, 4.69) is 15.5 Å². The van der Waals surface area contributed by atoms with E-state index >= 15 is 0 Å². The molecule has 3 aromatic rings. The number of carboxylic acid groups (broad SMARTS) is 1. The van der Waals surface area contributed by atoms with Crippen molar-refractivity contribution >= 4 is 44.3 Å². The number of nitrogens with zero attached hydrogens (tertiary/aromatic N) is 3. The van der Waals surface area contributed by atoms with E-state index in [4.69, 9.17) is 31.9 Å². The normalized spacial score (nSPS) is 11.2. The molecule has 1 aromatic carbocycles. The van der Waals surface area contributed by atoms with E-state index in [1.54, 1.807) is 31.2 Å². The Morgan fingerprint density at radius 2 is 1.82 bits per heavy atom. The number of aryl methyl sites for hydroxylation is 1. The van der Waals surface area contributed by atoms with Gasteiger partial charge >= 0.3 is 12.1 Å². The van der Waals surface area contributed by atoms with Crippen molar-refractivity contribution < 1.29 is 41.1 Å². The summed E-state index contributed by atoms with van der Waals surface area (Å²) >= 11 is 0. The Hall–Kier alpha value is -4.87. The number of amides is 1. The topological polar surface area (TPSA) is 235 Å². The molecule has 0 fully saturated rings. The lowest BCUT2D eigenvalue weighted by molar-refractivity contribution is -0.192. The predicted molar refractivity (Wildman–Crippen MR) is 136 cm³/mol. The van der Waals surface area contributed by atoms with Gasteiger partial charge in [-0.1, -0.05) is 18.2 Å². The summed E-state index contributed by atoms with van der Waals surface area (Å²) in [7, 11) is -4.35. The zero-order valence-electron chi connectivity index (χ0n) is 20.7. The maximum absolute atomic E-state index is 13.5. The number of carbonyl (C=O) groups excluding carboxylic acids is 1. The number of rotatable bonds is 8. The van der Waals surface area contributed by atoms with E-state index in [1.807, 2.05) is 0 Å². The van der Waals surface area contributed by atoms with Crippen LogP contribution in [0, 0.1) is 6.92 Å². The van der Waals surface area contributed by atoms with Crippen LogP contribution in [0.5, 0.6) is 0 Å². The van der Waals surface area contributed by atoms with E-state index in [9.17, 15) is 31.2 Å². The lowest BCUT2D eigenvalue weighted by Crippen LogP contribution is -2.37. The molecule has 1 amide bonds. The van der Waals surface area contributed by atoms with Gasteiger partial charge in [0.1, 0.15) is 13.2 Å². The second-order valence-electron chi connectivity index (χ2n) is 7.80. The number of aliphatic carboxylic acids is 1. The predicted octanol–water partition coefficient (Wildman–Crippen LogP) is 0.0744. The van der Waals surface area contributed by atoms with Crippen LogP contribution in [0.2, 0.25) is 0 Å². The lowest BCUT2D eigenvalue weighted by atomic mass is 10.2. The molecule has 0 saturated carbocycles. The van der Waals surface area contributed by atoms with Gasteiger partial charge in [-0.15, -0.1) is 0 Å². The number of oxime groups is 1. The Morgan fingerprint density at radius 3 is 2.42 bits per heavy atom. The number of nitrogens with two attached hydrogens (primary N) is 3. The van der Waals surface area contributed by atoms with Gasteiger partial charge in [0, 0.05) is 17.3 Å². The number of alkyl halides is 3. The number of fused-ring (bicyclic) bond motifs is 1. The minimum absolute atomic E-state index is 0.00697. The summed E-state index contributed by atoms with van der Waals surface area (Å²) in [6.07, 6.45) is -3.63. The number of hydrogen-bond acceptors (Lipinski definition) is 9. The van der Waals surface area contributed by atoms with Crippen molar-refractivity contribution in [3.8, 4) is 0 Å². The van der Waals surface area contributed by atoms with Crippen LogP contribution >= 0.6 is 0 Å². The molecule has 0 aliphatic carbocycles. The maximum atomic E-state index is 13.5. The number of nitrogens with one attached hydrogen (secondary N) is 1. The number of para-hydroxylation sites is 1. The number of aromatic nitrogens is 2. The first kappa shape index (κ1) is 31.3. The Bertz CT molecular complexity index is 1600. The lowest BCUT2D eigenvalue weighted by Gasteiger charge is -2.15. The average molecular weight is 588 g/mol. The van der Waals surface area contributed by atoms with Gasteiger partial charge < -0.3 is 37.0 Å². The Labute approximate surface area is 224 Å². The zero-order chi connectivity index (χ0) is 30.3. The molecule has 0 aliphatic rings. The Kier molecular flexibility index (Phi) is 10.0. The second-order valence-corrected chi connectivity index (χ2v) is 9.65. The third-order valence-electron chi connectivity index (χ3n) is 4.88. The van der Waals surface area contributed by atoms with Gasteiger partial charge in [-0.2, -0.15) is 13.2 Å². The molecule has 0 bridgehead atoms. The molecule has 8 N–H and O–H groups in total. The molecular formula is C22H24F3N7O7S. The number of benzene rings is 1. The minimum Gasteiger partial charge on any atom is -0.475 e. The van der Waals surface area contributed by atoms with E-state index in [0.29, 0.717) is 11.1 Å². The van der Waals surface area contributed by atoms with Gasteiger partial charge in [0.2, 0.25) is 21.7 Å². The van der Waals surface area contributed by atoms with Crippen molar-refractivity contribution in [2.45, 2.75) is 29.4 Å². The smallest absolute Gasteiger partial charge is 0.475 e. The fourth-order valence-corrected chi connectivity index (χ4v) is 4.81. The third-order valence-corrected chi connectivity index (χ3v) is 6.73. The summed E-state index contributed by atoms with van der Waals surface area (Å²) < 4.78 is 59.7. The summed E-state index contributed by atoms with van der Waals surface area (Å²) in [5.74, 6) is -3.57. The van der Waals surface area contributed by atoms with E-state index < -0.39 is 44.9 Å². The molecule has 0 spiro atoms. The summed E-state index contributed by atoms with van der Waals surface area (Å²) in [5.41, 5.74) is 15.6. The Balaban J connectivity index is 0.000000708. The van der Waals surface area contributed by atoms with E-state index in [-0.39, 0.29) is 35.2 Å². The summed E-state index contributed by atoms with van der Waals surface area (Å²) in [6.45, 7) is 1.17. The fourth-order valence-electron chi connectivity index (χ4n) is 3.20. The number of pyridine rings is 2. The number of carbonyl (C=O) groups is 2. The van der Waals surface area contributed by atoms with Crippen LogP contribution in [0.4, 0.5) is 18.9 Å². The maximum Gasteiger partial charge on any atom is 0.490 e. The fraction of sp³-hybridized carbons (Fsp3) is 0.227. The molecule has 0 saturated heterocycles. The molecule has 216 valence electrons. The highest BCUT2D eigenvalue weighted by atomic mass is 32.2. The molecule has 2 aromatic heterocycles. The molecular weight excluding hydrogens is 563 g/mol. The van der Waals surface area contributed by atoms with Gasteiger partial charge in [-0.3, -0.25) is 14.6 Å². The summed E-state index contributed by atoms with van der Waals surface area (Å²) in [6, 6.07) is 9.34. The number of halogens is 3. The number of nitrogen functional groups attached to an aromatic ring is 1. The quantitative estimate of drug-likeness (QED) is 0.102. The van der Waals surface area contributed by atoms with Crippen molar-refractivity contribution in [3.05, 3.63) is 58.6 Å². The van der Waals surface area contributed by atoms with Gasteiger partial charge in [0.25, 0.3) is 5.56 Å². The highest BCUT2D eigenvalue weighted by molar-refractivity contribution is 7.91. The molecule has 2 heterocycles. The van der Waals surface area contributed by atoms with Crippen molar-refractivity contribution in [2.24, 2.45) is 16.6 Å². The molecule has 40 heavy (non-hydrogen) atoms. The van der Waals surface area contributed by atoms with Gasteiger partial charge in [0.15, 0.2) is 4.90 Å². The highest BCUT2D eigenvalue weighted by Gasteiger charge is 2.38. The molecule has 3 rings (SSSR count). The first-order valence-corrected chi connectivity index (χ1v) is 12.4.